The summed E-state index contributed by atoms with van der Waals surface area (Å²) in [6.45, 7) is 4.52. The average Bonchev–Trinajstić information content (AvgIpc) is 2.34. The lowest BCUT2D eigenvalue weighted by molar-refractivity contribution is 0.639. The molecule has 2 rings (SSSR count). The van der Waals surface area contributed by atoms with E-state index in [9.17, 15) is 4.79 Å². The molecule has 1 aromatic carbocycles. The standard InChI is InChI=1S/C14H16BrN3O/c1-10(2)17-13-7-14(19)18(16-8-13)9-11-3-5-12(15)6-4-11/h3-8,10,17H,9H2,1-2H3. The number of nitrogens with one attached hydrogen (secondary N) is 1. The zero-order valence-electron chi connectivity index (χ0n) is 10.9. The third-order valence-corrected chi connectivity index (χ3v) is 3.10. The predicted octanol–water partition coefficient (Wildman–Crippen LogP) is 2.87. The van der Waals surface area contributed by atoms with Gasteiger partial charge in [-0.25, -0.2) is 4.68 Å². The molecule has 0 radical (unpaired) electrons. The number of hydrogen-bond donors (Lipinski definition) is 1. The molecular weight excluding hydrogens is 306 g/mol. The SMILES string of the molecule is CC(C)Nc1cnn(Cc2ccc(Br)cc2)c(=O)c1. The van der Waals surface area contributed by atoms with Crippen LogP contribution in [0.15, 0.2) is 45.8 Å². The molecule has 0 amide bonds. The molecule has 0 unspecified atom stereocenters. The normalized spacial score (nSPS) is 10.7. The van der Waals surface area contributed by atoms with Crippen molar-refractivity contribution in [2.75, 3.05) is 5.32 Å². The summed E-state index contributed by atoms with van der Waals surface area (Å²) in [7, 11) is 0. The summed E-state index contributed by atoms with van der Waals surface area (Å²) in [5.74, 6) is 0. The fourth-order valence-corrected chi connectivity index (χ4v) is 1.99. The Labute approximate surface area is 120 Å². The minimum absolute atomic E-state index is 0.103. The first kappa shape index (κ1) is 13.8. The summed E-state index contributed by atoms with van der Waals surface area (Å²) < 4.78 is 2.47. The van der Waals surface area contributed by atoms with Gasteiger partial charge in [0.1, 0.15) is 0 Å². The Kier molecular flexibility index (Phi) is 4.37. The van der Waals surface area contributed by atoms with Gasteiger partial charge in [-0.2, -0.15) is 5.10 Å². The Morgan fingerprint density at radius 3 is 2.58 bits per heavy atom. The van der Waals surface area contributed by atoms with Crippen molar-refractivity contribution in [1.82, 2.24) is 9.78 Å². The lowest BCUT2D eigenvalue weighted by atomic mass is 10.2. The van der Waals surface area contributed by atoms with Crippen molar-refractivity contribution >= 4 is 21.6 Å². The molecule has 0 aliphatic carbocycles. The van der Waals surface area contributed by atoms with Gasteiger partial charge in [0.05, 0.1) is 18.4 Å². The van der Waals surface area contributed by atoms with Gasteiger partial charge in [-0.1, -0.05) is 28.1 Å². The number of halogens is 1. The fourth-order valence-electron chi connectivity index (χ4n) is 1.73. The first-order valence-electron chi connectivity index (χ1n) is 6.13. The predicted molar refractivity (Wildman–Crippen MR) is 80.5 cm³/mol. The number of anilines is 1. The maximum Gasteiger partial charge on any atom is 0.269 e. The van der Waals surface area contributed by atoms with Gasteiger partial charge in [0.15, 0.2) is 0 Å². The van der Waals surface area contributed by atoms with Crippen LogP contribution in [0.5, 0.6) is 0 Å². The fraction of sp³-hybridized carbons (Fsp3) is 0.286. The molecule has 0 atom stereocenters. The van der Waals surface area contributed by atoms with Crippen molar-refractivity contribution in [3.63, 3.8) is 0 Å². The van der Waals surface area contributed by atoms with Crippen molar-refractivity contribution in [1.29, 1.82) is 0 Å². The zero-order valence-corrected chi connectivity index (χ0v) is 12.5. The Bertz CT molecular complexity index is 605. The number of rotatable bonds is 4. The highest BCUT2D eigenvalue weighted by Gasteiger charge is 2.02. The van der Waals surface area contributed by atoms with Crippen LogP contribution in [0.4, 0.5) is 5.69 Å². The Morgan fingerprint density at radius 1 is 1.32 bits per heavy atom. The van der Waals surface area contributed by atoms with Crippen LogP contribution in [-0.2, 0) is 6.54 Å². The van der Waals surface area contributed by atoms with Crippen LogP contribution >= 0.6 is 15.9 Å². The van der Waals surface area contributed by atoms with Crippen molar-refractivity contribution in [3.8, 4) is 0 Å². The highest BCUT2D eigenvalue weighted by Crippen LogP contribution is 2.11. The second-order valence-electron chi connectivity index (χ2n) is 4.67. The van der Waals surface area contributed by atoms with Crippen LogP contribution in [-0.4, -0.2) is 15.8 Å². The van der Waals surface area contributed by atoms with Crippen LogP contribution in [0.3, 0.4) is 0 Å². The summed E-state index contributed by atoms with van der Waals surface area (Å²) in [5, 5.41) is 7.34. The summed E-state index contributed by atoms with van der Waals surface area (Å²) in [6.07, 6.45) is 1.68. The number of hydrogen-bond acceptors (Lipinski definition) is 3. The number of benzene rings is 1. The van der Waals surface area contributed by atoms with Gasteiger partial charge < -0.3 is 5.32 Å². The molecule has 0 aliphatic heterocycles. The summed E-state index contributed by atoms with van der Waals surface area (Å²) in [6, 6.07) is 9.70. The minimum Gasteiger partial charge on any atom is -0.381 e. The van der Waals surface area contributed by atoms with E-state index in [1.807, 2.05) is 38.1 Å². The van der Waals surface area contributed by atoms with Gasteiger partial charge in [0.25, 0.3) is 5.56 Å². The summed E-state index contributed by atoms with van der Waals surface area (Å²) in [5.41, 5.74) is 1.70. The zero-order chi connectivity index (χ0) is 13.8. The van der Waals surface area contributed by atoms with Crippen molar-refractivity contribution < 1.29 is 0 Å². The molecule has 0 saturated carbocycles. The molecule has 0 fully saturated rings. The van der Waals surface area contributed by atoms with E-state index in [-0.39, 0.29) is 11.6 Å². The van der Waals surface area contributed by atoms with Crippen LogP contribution in [0.1, 0.15) is 19.4 Å². The molecule has 1 heterocycles. The van der Waals surface area contributed by atoms with Gasteiger partial charge in [0, 0.05) is 16.6 Å². The van der Waals surface area contributed by atoms with Gasteiger partial charge >= 0.3 is 0 Å². The molecule has 2 aromatic rings. The van der Waals surface area contributed by atoms with Crippen molar-refractivity contribution in [2.24, 2.45) is 0 Å². The quantitative estimate of drug-likeness (QED) is 0.941. The molecule has 0 aliphatic rings. The molecule has 4 nitrogen and oxygen atoms in total. The molecule has 0 saturated heterocycles. The molecule has 19 heavy (non-hydrogen) atoms. The molecular formula is C14H16BrN3O. The molecule has 1 N–H and O–H groups in total. The van der Waals surface area contributed by atoms with Crippen LogP contribution in [0, 0.1) is 0 Å². The highest BCUT2D eigenvalue weighted by atomic mass is 79.9. The lowest BCUT2D eigenvalue weighted by Gasteiger charge is -2.10. The van der Waals surface area contributed by atoms with E-state index in [0.29, 0.717) is 6.54 Å². The second-order valence-corrected chi connectivity index (χ2v) is 5.58. The van der Waals surface area contributed by atoms with Gasteiger partial charge in [-0.15, -0.1) is 0 Å². The van der Waals surface area contributed by atoms with E-state index in [1.165, 1.54) is 4.68 Å². The Hall–Kier alpha value is -1.62. The second kappa shape index (κ2) is 6.02. The van der Waals surface area contributed by atoms with Crippen molar-refractivity contribution in [3.05, 3.63) is 56.9 Å². The number of aromatic nitrogens is 2. The Morgan fingerprint density at radius 2 is 2.00 bits per heavy atom. The smallest absolute Gasteiger partial charge is 0.269 e. The van der Waals surface area contributed by atoms with E-state index in [0.717, 1.165) is 15.7 Å². The van der Waals surface area contributed by atoms with Gasteiger partial charge in [-0.05, 0) is 31.5 Å². The maximum absolute atomic E-state index is 11.9. The molecule has 0 spiro atoms. The third kappa shape index (κ3) is 3.92. The van der Waals surface area contributed by atoms with E-state index in [2.05, 4.69) is 26.3 Å². The number of nitrogens with zero attached hydrogens (tertiary/aromatic N) is 2. The van der Waals surface area contributed by atoms with Crippen LogP contribution in [0.25, 0.3) is 0 Å². The molecule has 5 heteroatoms. The minimum atomic E-state index is -0.103. The van der Waals surface area contributed by atoms with Crippen LogP contribution in [0.2, 0.25) is 0 Å². The summed E-state index contributed by atoms with van der Waals surface area (Å²) in [4.78, 5) is 11.9. The lowest BCUT2D eigenvalue weighted by Crippen LogP contribution is -2.24. The Balaban J connectivity index is 2.17. The molecule has 1 aromatic heterocycles. The van der Waals surface area contributed by atoms with E-state index >= 15 is 0 Å². The van der Waals surface area contributed by atoms with E-state index < -0.39 is 0 Å². The first-order valence-corrected chi connectivity index (χ1v) is 6.92. The monoisotopic (exact) mass is 321 g/mol. The van der Waals surface area contributed by atoms with E-state index in [4.69, 9.17) is 0 Å². The first-order chi connectivity index (χ1) is 9.04. The average molecular weight is 322 g/mol. The summed E-state index contributed by atoms with van der Waals surface area (Å²) >= 11 is 3.39. The third-order valence-electron chi connectivity index (χ3n) is 2.57. The molecule has 0 bridgehead atoms. The van der Waals surface area contributed by atoms with E-state index in [1.54, 1.807) is 12.3 Å². The maximum atomic E-state index is 11.9. The molecule has 100 valence electrons. The van der Waals surface area contributed by atoms with Crippen LogP contribution < -0.4 is 10.9 Å². The van der Waals surface area contributed by atoms with Gasteiger partial charge in [-0.3, -0.25) is 4.79 Å². The van der Waals surface area contributed by atoms with Gasteiger partial charge in [0.2, 0.25) is 0 Å². The highest BCUT2D eigenvalue weighted by molar-refractivity contribution is 9.10. The largest absolute Gasteiger partial charge is 0.381 e. The van der Waals surface area contributed by atoms with Crippen molar-refractivity contribution in [2.45, 2.75) is 26.4 Å². The topological polar surface area (TPSA) is 46.9 Å².